The van der Waals surface area contributed by atoms with Crippen molar-refractivity contribution in [3.8, 4) is 5.75 Å². The van der Waals surface area contributed by atoms with Gasteiger partial charge < -0.3 is 36.4 Å². The first kappa shape index (κ1) is 37.8. The van der Waals surface area contributed by atoms with Crippen LogP contribution in [0.5, 0.6) is 5.75 Å². The number of nitrogens with zero attached hydrogens (tertiary/aromatic N) is 3. The van der Waals surface area contributed by atoms with Crippen LogP contribution < -0.4 is 16.0 Å². The Morgan fingerprint density at radius 1 is 1.09 bits per heavy atom. The fraction of sp³-hybridized carbons (Fsp3) is 0.533. The molecule has 4 atom stereocenters. The number of nitrogens with one attached hydrogen (secondary N) is 1. The Hall–Kier alpha value is -3.36. The predicted octanol–water partition coefficient (Wildman–Crippen LogP) is 1.70. The molecule has 0 aliphatic heterocycles. The van der Waals surface area contributed by atoms with Crippen LogP contribution in [-0.2, 0) is 20.8 Å². The Morgan fingerprint density at radius 2 is 1.71 bits per heavy atom. The largest absolute Gasteiger partial charge is 0.510 e. The van der Waals surface area contributed by atoms with Crippen LogP contribution in [0.2, 0.25) is 0 Å². The number of halogens is 2. The highest BCUT2D eigenvalue weighted by molar-refractivity contribution is 6.25. The minimum Gasteiger partial charge on any atom is -0.510 e. The van der Waals surface area contributed by atoms with E-state index in [9.17, 15) is 39.6 Å². The molecule has 250 valence electrons. The number of benzene rings is 1. The quantitative estimate of drug-likeness (QED) is 0.165. The number of carbonyl (C=O) groups excluding carboxylic acids is 4. The number of Topliss-reactive ketones (excluding diaryl/α,β-unsaturated/α-hetero) is 2. The number of rotatable bonds is 9. The van der Waals surface area contributed by atoms with E-state index in [1.165, 1.54) is 4.90 Å². The van der Waals surface area contributed by atoms with Gasteiger partial charge in [-0.05, 0) is 64.5 Å². The molecule has 1 aromatic rings. The first-order valence-corrected chi connectivity index (χ1v) is 14.3. The number of nitrogens with two attached hydrogens (primary N) is 1. The molecule has 0 heterocycles. The van der Waals surface area contributed by atoms with Crippen molar-refractivity contribution in [1.29, 1.82) is 0 Å². The average Bonchev–Trinajstić information content (AvgIpc) is 2.90. The monoisotopic (exact) mass is 671 g/mol. The summed E-state index contributed by atoms with van der Waals surface area (Å²) in [4.78, 5) is 57.7. The van der Waals surface area contributed by atoms with E-state index in [0.717, 1.165) is 12.8 Å². The average molecular weight is 673 g/mol. The third kappa shape index (κ3) is 6.24. The molecule has 3 unspecified atom stereocenters. The zero-order valence-electron chi connectivity index (χ0n) is 26.2. The standard InChI is InChI=1S/C30H41N5O8.2ClH/c1-7-8-9-35(6)13-19(36)32-17-12-18(33(2)3)15-10-14-11-16-23(34(4)5)26(39)22(29(31)42)28(41)30(16,43)27(40)20(14)25(38)21(15)24(17)37;;/h12,14,16,23,37,39-40,43H,7-11,13H2,1-6H3,(H2,31,42)(H,32,36);2*1H/t14?,16?,23-,30?;;/m0../s1. The molecule has 4 rings (SSSR count). The number of aliphatic hydroxyl groups is 3. The topological polar surface area (TPSA) is 197 Å². The van der Waals surface area contributed by atoms with Gasteiger partial charge in [0.2, 0.25) is 11.7 Å². The molecule has 2 amide bonds. The molecule has 0 saturated carbocycles. The van der Waals surface area contributed by atoms with E-state index < -0.39 is 69.7 Å². The summed E-state index contributed by atoms with van der Waals surface area (Å²) in [5, 5.41) is 48.2. The van der Waals surface area contributed by atoms with E-state index in [2.05, 4.69) is 5.32 Å². The summed E-state index contributed by atoms with van der Waals surface area (Å²) in [6.45, 7) is 2.81. The number of hydrogen-bond acceptors (Lipinski definition) is 11. The number of fused-ring (bicyclic) bond motifs is 3. The van der Waals surface area contributed by atoms with Gasteiger partial charge in [0, 0.05) is 31.3 Å². The summed E-state index contributed by atoms with van der Waals surface area (Å²) < 4.78 is 0. The smallest absolute Gasteiger partial charge is 0.255 e. The highest BCUT2D eigenvalue weighted by Crippen LogP contribution is 2.53. The molecule has 15 heteroatoms. The first-order chi connectivity index (χ1) is 20.1. The van der Waals surface area contributed by atoms with Crippen LogP contribution in [0.3, 0.4) is 0 Å². The number of hydrogen-bond donors (Lipinski definition) is 6. The fourth-order valence-electron chi connectivity index (χ4n) is 6.74. The minimum atomic E-state index is -2.72. The SMILES string of the molecule is CCCCN(C)CC(=O)Nc1cc(N(C)C)c2c(c1O)C(=O)C1=C(O)C3(O)C(=O)C(C(N)=O)=C(O)[C@@H](N(C)C)C3CC1C2.Cl.Cl. The molecule has 13 nitrogen and oxygen atoms in total. The molecule has 0 spiro atoms. The summed E-state index contributed by atoms with van der Waals surface area (Å²) in [5.41, 5.74) is 2.40. The molecule has 3 aliphatic rings. The second kappa shape index (κ2) is 14.0. The number of unbranched alkanes of at least 4 members (excludes halogenated alkanes) is 1. The van der Waals surface area contributed by atoms with E-state index in [1.54, 1.807) is 46.2 Å². The second-order valence-corrected chi connectivity index (χ2v) is 12.1. The van der Waals surface area contributed by atoms with E-state index in [1.807, 2.05) is 11.8 Å². The van der Waals surface area contributed by atoms with Crippen molar-refractivity contribution < 1.29 is 39.6 Å². The van der Waals surface area contributed by atoms with E-state index in [-0.39, 0.29) is 61.0 Å². The molecule has 0 fully saturated rings. The normalized spacial score (nSPS) is 24.0. The highest BCUT2D eigenvalue weighted by Gasteiger charge is 2.63. The van der Waals surface area contributed by atoms with Crippen molar-refractivity contribution in [2.75, 3.05) is 58.5 Å². The zero-order valence-corrected chi connectivity index (χ0v) is 27.8. The number of aromatic hydroxyl groups is 1. The van der Waals surface area contributed by atoms with E-state index in [4.69, 9.17) is 5.73 Å². The minimum absolute atomic E-state index is 0. The Kier molecular flexibility index (Phi) is 11.7. The maximum absolute atomic E-state index is 14.1. The Balaban J connectivity index is 0.00000353. The number of allylic oxidation sites excluding steroid dienone is 1. The summed E-state index contributed by atoms with van der Waals surface area (Å²) in [5.74, 6) is -7.67. The molecule has 0 radical (unpaired) electrons. The van der Waals surface area contributed by atoms with E-state index >= 15 is 0 Å². The third-order valence-corrected chi connectivity index (χ3v) is 8.76. The molecule has 3 aliphatic carbocycles. The number of primary amides is 1. The van der Waals surface area contributed by atoms with Crippen LogP contribution >= 0.6 is 24.8 Å². The highest BCUT2D eigenvalue weighted by atomic mass is 35.5. The molecule has 1 aromatic carbocycles. The molecular formula is C30H43Cl2N5O8. The van der Waals surface area contributed by atoms with Gasteiger partial charge in [0.15, 0.2) is 17.1 Å². The van der Waals surface area contributed by atoms with Gasteiger partial charge >= 0.3 is 0 Å². The number of carbonyl (C=O) groups is 4. The summed E-state index contributed by atoms with van der Waals surface area (Å²) in [7, 11) is 8.46. The van der Waals surface area contributed by atoms with Crippen LogP contribution in [0.4, 0.5) is 11.4 Å². The van der Waals surface area contributed by atoms with Crippen molar-refractivity contribution >= 4 is 59.6 Å². The van der Waals surface area contributed by atoms with Crippen molar-refractivity contribution in [2.24, 2.45) is 17.6 Å². The van der Waals surface area contributed by atoms with Crippen LogP contribution in [0.15, 0.2) is 28.7 Å². The molecule has 0 aromatic heterocycles. The molecule has 45 heavy (non-hydrogen) atoms. The summed E-state index contributed by atoms with van der Waals surface area (Å²) in [6, 6.07) is 0.514. The van der Waals surface area contributed by atoms with E-state index in [0.29, 0.717) is 17.8 Å². The van der Waals surface area contributed by atoms with Crippen molar-refractivity contribution in [3.63, 3.8) is 0 Å². The summed E-state index contributed by atoms with van der Waals surface area (Å²) >= 11 is 0. The number of likely N-dealkylation sites (N-methyl/N-ethyl adjacent to an activating group) is 2. The molecule has 7 N–H and O–H groups in total. The number of amides is 2. The zero-order chi connectivity index (χ0) is 32.1. The Bertz CT molecular complexity index is 1460. The predicted molar refractivity (Wildman–Crippen MR) is 174 cm³/mol. The van der Waals surface area contributed by atoms with Crippen LogP contribution in [-0.4, -0.2) is 114 Å². The van der Waals surface area contributed by atoms with Gasteiger partial charge in [-0.1, -0.05) is 13.3 Å². The number of aliphatic hydroxyl groups excluding tert-OH is 2. The Labute approximate surface area is 274 Å². The van der Waals surface area contributed by atoms with Crippen LogP contribution in [0.1, 0.15) is 42.1 Å². The third-order valence-electron chi connectivity index (χ3n) is 8.76. The number of phenolic OH excluding ortho intramolecular Hbond substituents is 1. The number of ketones is 2. The maximum atomic E-state index is 14.1. The van der Waals surface area contributed by atoms with Gasteiger partial charge in [-0.25, -0.2) is 0 Å². The molecular weight excluding hydrogens is 629 g/mol. The van der Waals surface area contributed by atoms with Crippen molar-refractivity contribution in [2.45, 2.75) is 44.2 Å². The van der Waals surface area contributed by atoms with Gasteiger partial charge in [-0.2, -0.15) is 0 Å². The van der Waals surface area contributed by atoms with Gasteiger partial charge in [0.05, 0.1) is 23.8 Å². The van der Waals surface area contributed by atoms with Crippen LogP contribution in [0.25, 0.3) is 0 Å². The lowest BCUT2D eigenvalue weighted by molar-refractivity contribution is -0.148. The van der Waals surface area contributed by atoms with Crippen molar-refractivity contribution in [1.82, 2.24) is 9.80 Å². The maximum Gasteiger partial charge on any atom is 0.255 e. The lowest BCUT2D eigenvalue weighted by Crippen LogP contribution is -2.63. The number of anilines is 2. The van der Waals surface area contributed by atoms with Gasteiger partial charge in [0.25, 0.3) is 5.91 Å². The second-order valence-electron chi connectivity index (χ2n) is 12.1. The first-order valence-electron chi connectivity index (χ1n) is 14.3. The van der Waals surface area contributed by atoms with Crippen LogP contribution in [0, 0.1) is 11.8 Å². The molecule has 0 saturated heterocycles. The van der Waals surface area contributed by atoms with Crippen molar-refractivity contribution in [3.05, 3.63) is 39.9 Å². The number of phenols is 1. The fourth-order valence-corrected chi connectivity index (χ4v) is 6.74. The van der Waals surface area contributed by atoms with Gasteiger partial charge in [0.1, 0.15) is 17.1 Å². The molecule has 0 bridgehead atoms. The van der Waals surface area contributed by atoms with Gasteiger partial charge in [-0.15, -0.1) is 24.8 Å². The Morgan fingerprint density at radius 3 is 2.24 bits per heavy atom. The summed E-state index contributed by atoms with van der Waals surface area (Å²) in [6.07, 6.45) is 2.01. The van der Waals surface area contributed by atoms with Gasteiger partial charge in [-0.3, -0.25) is 29.0 Å². The lowest BCUT2D eigenvalue weighted by Gasteiger charge is -2.50. The lowest BCUT2D eigenvalue weighted by atomic mass is 9.58.